The number of allylic oxidation sites excluding steroid dienone is 1. The first-order valence-electron chi connectivity index (χ1n) is 8.66. The van der Waals surface area contributed by atoms with E-state index in [9.17, 15) is 4.79 Å². The summed E-state index contributed by atoms with van der Waals surface area (Å²) in [6.07, 6.45) is 4.67. The van der Waals surface area contributed by atoms with E-state index >= 15 is 0 Å². The van der Waals surface area contributed by atoms with Crippen molar-refractivity contribution >= 4 is 12.0 Å². The van der Waals surface area contributed by atoms with Crippen LogP contribution in [0.1, 0.15) is 30.5 Å². The zero-order chi connectivity index (χ0) is 18.4. The molecule has 2 aromatic carbocycles. The lowest BCUT2D eigenvalue weighted by molar-refractivity contribution is -0.124. The molecule has 1 atom stereocenters. The van der Waals surface area contributed by atoms with Gasteiger partial charge in [-0.15, -0.1) is 0 Å². The molecule has 2 aromatic rings. The summed E-state index contributed by atoms with van der Waals surface area (Å²) in [7, 11) is 1.58. The van der Waals surface area contributed by atoms with Gasteiger partial charge in [-0.3, -0.25) is 4.79 Å². The molecule has 3 rings (SSSR count). The van der Waals surface area contributed by atoms with Crippen molar-refractivity contribution in [2.24, 2.45) is 0 Å². The van der Waals surface area contributed by atoms with E-state index < -0.39 is 0 Å². The number of hydrogen-bond acceptors (Lipinski definition) is 4. The summed E-state index contributed by atoms with van der Waals surface area (Å²) in [4.78, 5) is 12.3. The van der Waals surface area contributed by atoms with Crippen LogP contribution in [0, 0.1) is 0 Å². The number of fused-ring (bicyclic) bond motifs is 1. The summed E-state index contributed by atoms with van der Waals surface area (Å²) in [5.74, 6) is 1.80. The van der Waals surface area contributed by atoms with Gasteiger partial charge in [0.15, 0.2) is 18.1 Å². The Labute approximate surface area is 153 Å². The maximum atomic E-state index is 12.3. The van der Waals surface area contributed by atoms with E-state index in [0.717, 1.165) is 23.3 Å². The number of amides is 1. The van der Waals surface area contributed by atoms with Crippen LogP contribution in [0.3, 0.4) is 0 Å². The van der Waals surface area contributed by atoms with Gasteiger partial charge >= 0.3 is 0 Å². The molecule has 1 heterocycles. The quantitative estimate of drug-likeness (QED) is 0.859. The van der Waals surface area contributed by atoms with Gasteiger partial charge in [0.05, 0.1) is 19.8 Å². The first-order chi connectivity index (χ1) is 12.7. The van der Waals surface area contributed by atoms with Crippen molar-refractivity contribution in [3.8, 4) is 17.2 Å². The summed E-state index contributed by atoms with van der Waals surface area (Å²) in [5.41, 5.74) is 2.01. The number of methoxy groups -OCH3 is 1. The van der Waals surface area contributed by atoms with Crippen LogP contribution in [0.15, 0.2) is 48.5 Å². The molecule has 0 radical (unpaired) electrons. The number of benzene rings is 2. The van der Waals surface area contributed by atoms with Crippen molar-refractivity contribution in [3.05, 3.63) is 59.7 Å². The number of nitrogens with one attached hydrogen (secondary N) is 1. The molecule has 0 saturated carbocycles. The van der Waals surface area contributed by atoms with Crippen LogP contribution >= 0.6 is 0 Å². The largest absolute Gasteiger partial charge is 0.493 e. The fraction of sp³-hybridized carbons (Fsp3) is 0.286. The first kappa shape index (κ1) is 17.9. The minimum atomic E-state index is -0.175. The monoisotopic (exact) mass is 353 g/mol. The second-order valence-electron chi connectivity index (χ2n) is 5.99. The highest BCUT2D eigenvalue weighted by Gasteiger charge is 2.22. The fourth-order valence-electron chi connectivity index (χ4n) is 2.97. The van der Waals surface area contributed by atoms with Gasteiger partial charge in [-0.25, -0.2) is 0 Å². The molecule has 0 aliphatic carbocycles. The third-order valence-corrected chi connectivity index (χ3v) is 4.20. The third-order valence-electron chi connectivity index (χ3n) is 4.20. The molecule has 26 heavy (non-hydrogen) atoms. The van der Waals surface area contributed by atoms with Gasteiger partial charge in [0.1, 0.15) is 5.75 Å². The molecule has 1 aliphatic heterocycles. The Morgan fingerprint density at radius 2 is 2.12 bits per heavy atom. The van der Waals surface area contributed by atoms with E-state index in [-0.39, 0.29) is 18.6 Å². The van der Waals surface area contributed by atoms with E-state index in [0.29, 0.717) is 18.1 Å². The Morgan fingerprint density at radius 3 is 2.92 bits per heavy atom. The van der Waals surface area contributed by atoms with E-state index in [1.54, 1.807) is 7.11 Å². The minimum absolute atomic E-state index is 0.0602. The standard InChI is InChI=1S/C21H23NO4/c1-3-6-15-9-10-19(20(13-15)24-2)26-14-21(23)22-17-11-12-25-18-8-5-4-7-16(17)18/h3-10,13,17H,11-12,14H2,1-2H3,(H,22,23)/b6-3+/t17-/m1/s1. The Balaban J connectivity index is 1.61. The summed E-state index contributed by atoms with van der Waals surface area (Å²) < 4.78 is 16.6. The van der Waals surface area contributed by atoms with Crippen molar-refractivity contribution < 1.29 is 19.0 Å². The van der Waals surface area contributed by atoms with Gasteiger partial charge in [0.25, 0.3) is 5.91 Å². The summed E-state index contributed by atoms with van der Waals surface area (Å²) in [6.45, 7) is 2.47. The molecular formula is C21H23NO4. The predicted octanol–water partition coefficient (Wildman–Crippen LogP) is 3.75. The molecule has 0 unspecified atom stereocenters. The lowest BCUT2D eigenvalue weighted by Gasteiger charge is -2.26. The molecule has 0 saturated heterocycles. The molecule has 0 aromatic heterocycles. The average molecular weight is 353 g/mol. The molecule has 5 nitrogen and oxygen atoms in total. The van der Waals surface area contributed by atoms with Gasteiger partial charge in [0, 0.05) is 12.0 Å². The van der Waals surface area contributed by atoms with Gasteiger partial charge in [-0.05, 0) is 30.7 Å². The van der Waals surface area contributed by atoms with Crippen LogP contribution in [0.2, 0.25) is 0 Å². The molecule has 1 N–H and O–H groups in total. The number of carbonyl (C=O) groups is 1. The molecule has 0 fully saturated rings. The highest BCUT2D eigenvalue weighted by atomic mass is 16.5. The van der Waals surface area contributed by atoms with E-state index in [1.807, 2.05) is 61.5 Å². The van der Waals surface area contributed by atoms with E-state index in [2.05, 4.69) is 5.32 Å². The third kappa shape index (κ3) is 4.17. The van der Waals surface area contributed by atoms with Gasteiger partial charge in [-0.2, -0.15) is 0 Å². The van der Waals surface area contributed by atoms with Crippen molar-refractivity contribution in [3.63, 3.8) is 0 Å². The lowest BCUT2D eigenvalue weighted by atomic mass is 10.0. The summed E-state index contributed by atoms with van der Waals surface area (Å²) >= 11 is 0. The second-order valence-corrected chi connectivity index (χ2v) is 5.99. The van der Waals surface area contributed by atoms with Crippen LogP contribution in [0.25, 0.3) is 6.08 Å². The maximum absolute atomic E-state index is 12.3. The van der Waals surface area contributed by atoms with Crippen molar-refractivity contribution in [1.29, 1.82) is 0 Å². The van der Waals surface area contributed by atoms with Crippen LogP contribution in [0.5, 0.6) is 17.2 Å². The van der Waals surface area contributed by atoms with Crippen LogP contribution in [0.4, 0.5) is 0 Å². The van der Waals surface area contributed by atoms with Crippen LogP contribution in [-0.4, -0.2) is 26.2 Å². The number of ether oxygens (including phenoxy) is 3. The van der Waals surface area contributed by atoms with Crippen molar-refractivity contribution in [2.45, 2.75) is 19.4 Å². The molecule has 1 amide bonds. The predicted molar refractivity (Wildman–Crippen MR) is 101 cm³/mol. The minimum Gasteiger partial charge on any atom is -0.493 e. The lowest BCUT2D eigenvalue weighted by Crippen LogP contribution is -2.35. The number of rotatable bonds is 6. The Bertz CT molecular complexity index is 800. The SMILES string of the molecule is C/C=C/c1ccc(OCC(=O)N[C@@H]2CCOc3ccccc32)c(OC)c1. The first-order valence-corrected chi connectivity index (χ1v) is 8.66. The van der Waals surface area contributed by atoms with Gasteiger partial charge in [0.2, 0.25) is 0 Å². The van der Waals surface area contributed by atoms with Gasteiger partial charge < -0.3 is 19.5 Å². The molecule has 0 spiro atoms. The Morgan fingerprint density at radius 1 is 1.27 bits per heavy atom. The molecular weight excluding hydrogens is 330 g/mol. The summed E-state index contributed by atoms with van der Waals surface area (Å²) in [6, 6.07) is 13.3. The van der Waals surface area contributed by atoms with Crippen LogP contribution < -0.4 is 19.5 Å². The molecule has 5 heteroatoms. The number of hydrogen-bond donors (Lipinski definition) is 1. The topological polar surface area (TPSA) is 56.8 Å². The zero-order valence-electron chi connectivity index (χ0n) is 15.0. The maximum Gasteiger partial charge on any atom is 0.258 e. The molecule has 136 valence electrons. The number of carbonyl (C=O) groups excluding carboxylic acids is 1. The van der Waals surface area contributed by atoms with Crippen LogP contribution in [-0.2, 0) is 4.79 Å². The smallest absolute Gasteiger partial charge is 0.258 e. The molecule has 1 aliphatic rings. The van der Waals surface area contributed by atoms with Gasteiger partial charge in [-0.1, -0.05) is 36.4 Å². The zero-order valence-corrected chi connectivity index (χ0v) is 15.0. The van der Waals surface area contributed by atoms with E-state index in [1.165, 1.54) is 0 Å². The van der Waals surface area contributed by atoms with Crippen molar-refractivity contribution in [1.82, 2.24) is 5.32 Å². The average Bonchev–Trinajstić information content (AvgIpc) is 2.67. The Hall–Kier alpha value is -2.95. The van der Waals surface area contributed by atoms with E-state index in [4.69, 9.17) is 14.2 Å². The second kappa shape index (κ2) is 8.43. The van der Waals surface area contributed by atoms with Crippen molar-refractivity contribution in [2.75, 3.05) is 20.3 Å². The summed E-state index contributed by atoms with van der Waals surface area (Å²) in [5, 5.41) is 3.02. The Kier molecular flexibility index (Phi) is 5.79. The fourth-order valence-corrected chi connectivity index (χ4v) is 2.97. The normalized spacial score (nSPS) is 15.8. The highest BCUT2D eigenvalue weighted by molar-refractivity contribution is 5.78. The highest BCUT2D eigenvalue weighted by Crippen LogP contribution is 2.32. The molecule has 0 bridgehead atoms. The number of para-hydroxylation sites is 1.